The van der Waals surface area contributed by atoms with E-state index in [-0.39, 0.29) is 17.9 Å². The fraction of sp³-hybridized carbons (Fsp3) is 0.263. The first-order chi connectivity index (χ1) is 13.8. The minimum atomic E-state index is -3.76. The number of esters is 1. The number of carbonyl (C=O) groups excluding carboxylic acids is 2. The van der Waals surface area contributed by atoms with Crippen molar-refractivity contribution >= 4 is 43.5 Å². The summed E-state index contributed by atoms with van der Waals surface area (Å²) in [5.41, 5.74) is 0.552. The van der Waals surface area contributed by atoms with Crippen LogP contribution in [0.25, 0.3) is 0 Å². The highest BCUT2D eigenvalue weighted by Gasteiger charge is 2.15. The molecule has 0 radical (unpaired) electrons. The SMILES string of the molecule is CCOc1ccc(S(=O)(=O)NCCC(=O)OCC(=O)Nc2ccccc2Br)cc1. The Kier molecular flexibility index (Phi) is 8.62. The molecule has 156 valence electrons. The van der Waals surface area contributed by atoms with E-state index in [1.165, 1.54) is 12.1 Å². The summed E-state index contributed by atoms with van der Waals surface area (Å²) >= 11 is 3.29. The summed E-state index contributed by atoms with van der Waals surface area (Å²) in [4.78, 5) is 23.6. The van der Waals surface area contributed by atoms with E-state index >= 15 is 0 Å². The summed E-state index contributed by atoms with van der Waals surface area (Å²) in [5, 5.41) is 2.60. The highest BCUT2D eigenvalue weighted by Crippen LogP contribution is 2.21. The molecule has 10 heteroatoms. The highest BCUT2D eigenvalue weighted by molar-refractivity contribution is 9.10. The van der Waals surface area contributed by atoms with Crippen LogP contribution in [0.4, 0.5) is 5.69 Å². The third-order valence-electron chi connectivity index (χ3n) is 3.58. The summed E-state index contributed by atoms with van der Waals surface area (Å²) in [6, 6.07) is 12.9. The highest BCUT2D eigenvalue weighted by atomic mass is 79.9. The Balaban J connectivity index is 1.74. The van der Waals surface area contributed by atoms with Gasteiger partial charge in [0.25, 0.3) is 5.91 Å². The third kappa shape index (κ3) is 7.48. The Morgan fingerprint density at radius 2 is 1.76 bits per heavy atom. The molecule has 8 nitrogen and oxygen atoms in total. The second kappa shape index (κ2) is 10.9. The van der Waals surface area contributed by atoms with Gasteiger partial charge >= 0.3 is 5.97 Å². The number of benzene rings is 2. The van der Waals surface area contributed by atoms with E-state index in [1.807, 2.05) is 6.92 Å². The number of anilines is 1. The Bertz CT molecular complexity index is 947. The first-order valence-electron chi connectivity index (χ1n) is 8.74. The van der Waals surface area contributed by atoms with Crippen molar-refractivity contribution in [3.8, 4) is 5.75 Å². The zero-order valence-electron chi connectivity index (χ0n) is 15.7. The fourth-order valence-electron chi connectivity index (χ4n) is 2.22. The maximum Gasteiger partial charge on any atom is 0.307 e. The van der Waals surface area contributed by atoms with Crippen molar-refractivity contribution in [3.05, 3.63) is 53.0 Å². The molecule has 29 heavy (non-hydrogen) atoms. The maximum atomic E-state index is 12.2. The molecule has 0 aliphatic rings. The predicted octanol–water partition coefficient (Wildman–Crippen LogP) is 2.70. The monoisotopic (exact) mass is 484 g/mol. The van der Waals surface area contributed by atoms with Crippen molar-refractivity contribution in [1.29, 1.82) is 0 Å². The number of hydrogen-bond donors (Lipinski definition) is 2. The van der Waals surface area contributed by atoms with Gasteiger partial charge in [-0.1, -0.05) is 12.1 Å². The van der Waals surface area contributed by atoms with Crippen molar-refractivity contribution in [2.45, 2.75) is 18.2 Å². The molecule has 0 saturated carbocycles. The average Bonchev–Trinajstić information content (AvgIpc) is 2.69. The third-order valence-corrected chi connectivity index (χ3v) is 5.75. The van der Waals surface area contributed by atoms with Gasteiger partial charge in [-0.2, -0.15) is 0 Å². The van der Waals surface area contributed by atoms with Gasteiger partial charge in [-0.25, -0.2) is 13.1 Å². The first kappa shape index (κ1) is 22.9. The number of sulfonamides is 1. The maximum absolute atomic E-state index is 12.2. The molecule has 0 aliphatic carbocycles. The van der Waals surface area contributed by atoms with Crippen molar-refractivity contribution in [3.63, 3.8) is 0 Å². The van der Waals surface area contributed by atoms with Gasteiger partial charge in [-0.3, -0.25) is 9.59 Å². The Morgan fingerprint density at radius 1 is 1.07 bits per heavy atom. The van der Waals surface area contributed by atoms with Gasteiger partial charge in [0, 0.05) is 11.0 Å². The minimum Gasteiger partial charge on any atom is -0.494 e. The van der Waals surface area contributed by atoms with E-state index in [0.29, 0.717) is 22.5 Å². The van der Waals surface area contributed by atoms with Crippen LogP contribution in [0.1, 0.15) is 13.3 Å². The number of ether oxygens (including phenoxy) is 2. The van der Waals surface area contributed by atoms with Crippen molar-refractivity contribution in [1.82, 2.24) is 4.72 Å². The van der Waals surface area contributed by atoms with Gasteiger partial charge < -0.3 is 14.8 Å². The molecule has 0 aromatic heterocycles. The molecule has 0 aliphatic heterocycles. The van der Waals surface area contributed by atoms with Gasteiger partial charge in [0.1, 0.15) is 5.75 Å². The van der Waals surface area contributed by atoms with Crippen LogP contribution in [-0.4, -0.2) is 40.1 Å². The van der Waals surface area contributed by atoms with Crippen LogP contribution in [0.5, 0.6) is 5.75 Å². The molecule has 2 N–H and O–H groups in total. The molecule has 2 rings (SSSR count). The number of para-hydroxylation sites is 1. The van der Waals surface area contributed by atoms with Crippen LogP contribution >= 0.6 is 15.9 Å². The lowest BCUT2D eigenvalue weighted by molar-refractivity contribution is -0.147. The number of carbonyl (C=O) groups is 2. The summed E-state index contributed by atoms with van der Waals surface area (Å²) in [6.45, 7) is 1.69. The number of amides is 1. The zero-order chi connectivity index (χ0) is 21.3. The van der Waals surface area contributed by atoms with Gasteiger partial charge in [0.05, 0.1) is 23.6 Å². The first-order valence-corrected chi connectivity index (χ1v) is 11.0. The van der Waals surface area contributed by atoms with Crippen LogP contribution in [0.2, 0.25) is 0 Å². The molecule has 0 bridgehead atoms. The molecule has 0 heterocycles. The second-order valence-electron chi connectivity index (χ2n) is 5.74. The quantitative estimate of drug-likeness (QED) is 0.501. The molecule has 2 aromatic rings. The predicted molar refractivity (Wildman–Crippen MR) is 111 cm³/mol. The number of rotatable bonds is 10. The summed E-state index contributed by atoms with van der Waals surface area (Å²) < 4.78 is 37.6. The summed E-state index contributed by atoms with van der Waals surface area (Å²) in [5.74, 6) is -0.627. The van der Waals surface area contributed by atoms with Crippen LogP contribution in [0.3, 0.4) is 0 Å². The smallest absolute Gasteiger partial charge is 0.307 e. The molecular weight excluding hydrogens is 464 g/mol. The Hall–Kier alpha value is -2.43. The largest absolute Gasteiger partial charge is 0.494 e. The van der Waals surface area contributed by atoms with Gasteiger partial charge in [0.2, 0.25) is 10.0 Å². The average molecular weight is 485 g/mol. The summed E-state index contributed by atoms with van der Waals surface area (Å²) in [7, 11) is -3.76. The molecule has 0 unspecified atom stereocenters. The molecule has 1 amide bonds. The molecular formula is C19H21BrN2O6S. The van der Waals surface area contributed by atoms with E-state index < -0.39 is 28.5 Å². The molecule has 0 saturated heterocycles. The lowest BCUT2D eigenvalue weighted by Crippen LogP contribution is -2.28. The number of nitrogens with one attached hydrogen (secondary N) is 2. The molecule has 0 atom stereocenters. The van der Waals surface area contributed by atoms with Crippen LogP contribution in [0.15, 0.2) is 57.9 Å². The van der Waals surface area contributed by atoms with E-state index in [1.54, 1.807) is 36.4 Å². The second-order valence-corrected chi connectivity index (χ2v) is 8.36. The zero-order valence-corrected chi connectivity index (χ0v) is 18.1. The van der Waals surface area contributed by atoms with E-state index in [2.05, 4.69) is 26.0 Å². The minimum absolute atomic E-state index is 0.0575. The van der Waals surface area contributed by atoms with Gasteiger partial charge in [0.15, 0.2) is 6.61 Å². The molecule has 0 spiro atoms. The molecule has 0 fully saturated rings. The van der Waals surface area contributed by atoms with Gasteiger partial charge in [-0.15, -0.1) is 0 Å². The molecule has 2 aromatic carbocycles. The number of hydrogen-bond acceptors (Lipinski definition) is 6. The standard InChI is InChI=1S/C19H21BrN2O6S/c1-2-27-14-7-9-15(10-8-14)29(25,26)21-12-11-19(24)28-13-18(23)22-17-6-4-3-5-16(17)20/h3-10,21H,2,11-13H2,1H3,(H,22,23). The van der Waals surface area contributed by atoms with Crippen molar-refractivity contribution in [2.75, 3.05) is 25.1 Å². The van der Waals surface area contributed by atoms with Crippen LogP contribution < -0.4 is 14.8 Å². The Morgan fingerprint density at radius 3 is 2.41 bits per heavy atom. The lowest BCUT2D eigenvalue weighted by atomic mass is 10.3. The number of halogens is 1. The Labute approximate surface area is 177 Å². The van der Waals surface area contributed by atoms with Crippen molar-refractivity contribution < 1.29 is 27.5 Å². The van der Waals surface area contributed by atoms with Crippen molar-refractivity contribution in [2.24, 2.45) is 0 Å². The van der Waals surface area contributed by atoms with E-state index in [9.17, 15) is 18.0 Å². The van der Waals surface area contributed by atoms with E-state index in [0.717, 1.165) is 0 Å². The summed E-state index contributed by atoms with van der Waals surface area (Å²) in [6.07, 6.45) is -0.210. The van der Waals surface area contributed by atoms with E-state index in [4.69, 9.17) is 9.47 Å². The van der Waals surface area contributed by atoms with Gasteiger partial charge in [-0.05, 0) is 59.3 Å². The normalized spacial score (nSPS) is 11.0. The lowest BCUT2D eigenvalue weighted by Gasteiger charge is -2.09. The van der Waals surface area contributed by atoms with Crippen LogP contribution in [-0.2, 0) is 24.3 Å². The topological polar surface area (TPSA) is 111 Å². The fourth-order valence-corrected chi connectivity index (χ4v) is 3.64. The van der Waals surface area contributed by atoms with Crippen LogP contribution in [0, 0.1) is 0 Å².